The molecule has 0 unspecified atom stereocenters. The van der Waals surface area contributed by atoms with Gasteiger partial charge >= 0.3 is 0 Å². The first-order valence-electron chi connectivity index (χ1n) is 7.07. The first-order valence-corrected chi connectivity index (χ1v) is 7.07. The van der Waals surface area contributed by atoms with Crippen molar-refractivity contribution in [1.29, 1.82) is 0 Å². The monoisotopic (exact) mass is 257 g/mol. The minimum Gasteiger partial charge on any atom is -0.373 e. The van der Waals surface area contributed by atoms with E-state index in [2.05, 4.69) is 48.3 Å². The lowest BCUT2D eigenvalue weighted by molar-refractivity contribution is 0.281. The van der Waals surface area contributed by atoms with Gasteiger partial charge in [0.2, 0.25) is 0 Å². The van der Waals surface area contributed by atoms with Crippen molar-refractivity contribution in [3.63, 3.8) is 0 Å². The first-order chi connectivity index (χ1) is 9.28. The molecule has 19 heavy (non-hydrogen) atoms. The van der Waals surface area contributed by atoms with E-state index in [1.54, 1.807) is 0 Å². The third-order valence-corrected chi connectivity index (χ3v) is 3.42. The van der Waals surface area contributed by atoms with Gasteiger partial charge < -0.3 is 5.32 Å². The van der Waals surface area contributed by atoms with Gasteiger partial charge in [0.25, 0.3) is 0 Å². The molecule has 1 aromatic heterocycles. The van der Waals surface area contributed by atoms with Crippen LogP contribution in [0, 0.1) is 0 Å². The molecule has 0 aliphatic heterocycles. The minimum absolute atomic E-state index is 0.957. The van der Waals surface area contributed by atoms with E-state index in [1.807, 2.05) is 13.1 Å². The molecule has 102 valence electrons. The standard InChI is InChI=1S/C16H23N3/c1-4-10-19(5-2)12-14-11-13-8-6-7-9-15(13)18-16(14)17-3/h6-9,11H,4-5,10,12H2,1-3H3,(H,17,18). The molecule has 0 amide bonds. The smallest absolute Gasteiger partial charge is 0.130 e. The average Bonchev–Trinajstić information content (AvgIpc) is 2.46. The van der Waals surface area contributed by atoms with Crippen LogP contribution < -0.4 is 5.32 Å². The van der Waals surface area contributed by atoms with Crippen LogP contribution in [-0.4, -0.2) is 30.0 Å². The zero-order valence-corrected chi connectivity index (χ0v) is 12.1. The molecule has 1 N–H and O–H groups in total. The summed E-state index contributed by atoms with van der Waals surface area (Å²) in [4.78, 5) is 7.15. The van der Waals surface area contributed by atoms with E-state index in [-0.39, 0.29) is 0 Å². The Hall–Kier alpha value is -1.61. The molecule has 1 heterocycles. The minimum atomic E-state index is 0.957. The van der Waals surface area contributed by atoms with Gasteiger partial charge in [0, 0.05) is 24.5 Å². The molecule has 0 aliphatic rings. The van der Waals surface area contributed by atoms with Gasteiger partial charge in [-0.1, -0.05) is 32.0 Å². The third-order valence-electron chi connectivity index (χ3n) is 3.42. The van der Waals surface area contributed by atoms with Gasteiger partial charge in [-0.2, -0.15) is 0 Å². The maximum atomic E-state index is 4.70. The van der Waals surface area contributed by atoms with Crippen LogP contribution in [0.25, 0.3) is 10.9 Å². The largest absolute Gasteiger partial charge is 0.373 e. The highest BCUT2D eigenvalue weighted by Crippen LogP contribution is 2.21. The maximum Gasteiger partial charge on any atom is 0.130 e. The molecule has 0 radical (unpaired) electrons. The normalized spacial score (nSPS) is 11.2. The van der Waals surface area contributed by atoms with E-state index >= 15 is 0 Å². The number of benzene rings is 1. The number of pyridine rings is 1. The molecule has 0 aliphatic carbocycles. The van der Waals surface area contributed by atoms with Crippen molar-refractivity contribution < 1.29 is 0 Å². The Labute approximate surface area is 115 Å². The van der Waals surface area contributed by atoms with Crippen LogP contribution in [0.2, 0.25) is 0 Å². The van der Waals surface area contributed by atoms with E-state index in [0.717, 1.165) is 31.0 Å². The molecule has 0 fully saturated rings. The summed E-state index contributed by atoms with van der Waals surface area (Å²) in [6.45, 7) is 7.60. The van der Waals surface area contributed by atoms with Crippen LogP contribution in [-0.2, 0) is 6.54 Å². The summed E-state index contributed by atoms with van der Waals surface area (Å²) in [5.74, 6) is 0.994. The fourth-order valence-corrected chi connectivity index (χ4v) is 2.40. The quantitative estimate of drug-likeness (QED) is 0.858. The van der Waals surface area contributed by atoms with Crippen molar-refractivity contribution >= 4 is 16.7 Å². The van der Waals surface area contributed by atoms with Crippen molar-refractivity contribution in [3.8, 4) is 0 Å². The number of nitrogens with zero attached hydrogens (tertiary/aromatic N) is 2. The Morgan fingerprint density at radius 1 is 1.21 bits per heavy atom. The fourth-order valence-electron chi connectivity index (χ4n) is 2.40. The number of hydrogen-bond donors (Lipinski definition) is 1. The van der Waals surface area contributed by atoms with Crippen molar-refractivity contribution in [3.05, 3.63) is 35.9 Å². The van der Waals surface area contributed by atoms with E-state index in [4.69, 9.17) is 4.98 Å². The van der Waals surface area contributed by atoms with Gasteiger partial charge in [-0.3, -0.25) is 4.90 Å². The molecule has 2 rings (SSSR count). The molecule has 2 aromatic rings. The topological polar surface area (TPSA) is 28.2 Å². The number of anilines is 1. The van der Waals surface area contributed by atoms with Crippen molar-refractivity contribution in [2.75, 3.05) is 25.5 Å². The van der Waals surface area contributed by atoms with E-state index in [9.17, 15) is 0 Å². The SMILES string of the molecule is CCCN(CC)Cc1cc2ccccc2nc1NC. The summed E-state index contributed by atoms with van der Waals surface area (Å²) in [6.07, 6.45) is 1.18. The molecule has 0 spiro atoms. The van der Waals surface area contributed by atoms with Gasteiger partial charge in [-0.05, 0) is 31.6 Å². The van der Waals surface area contributed by atoms with Crippen LogP contribution in [0.15, 0.2) is 30.3 Å². The number of para-hydroxylation sites is 1. The van der Waals surface area contributed by atoms with Gasteiger partial charge in [0.05, 0.1) is 5.52 Å². The molecule has 1 aromatic carbocycles. The van der Waals surface area contributed by atoms with Crippen molar-refractivity contribution in [1.82, 2.24) is 9.88 Å². The summed E-state index contributed by atoms with van der Waals surface area (Å²) in [6, 6.07) is 10.5. The molecule has 0 saturated heterocycles. The summed E-state index contributed by atoms with van der Waals surface area (Å²) in [5.41, 5.74) is 2.32. The summed E-state index contributed by atoms with van der Waals surface area (Å²) < 4.78 is 0. The Kier molecular flexibility index (Phi) is 4.74. The second-order valence-corrected chi connectivity index (χ2v) is 4.81. The number of rotatable bonds is 6. The number of nitrogens with one attached hydrogen (secondary N) is 1. The molecule has 3 heteroatoms. The molecule has 0 atom stereocenters. The van der Waals surface area contributed by atoms with Crippen LogP contribution in [0.5, 0.6) is 0 Å². The lowest BCUT2D eigenvalue weighted by atomic mass is 10.1. The predicted octanol–water partition coefficient (Wildman–Crippen LogP) is 3.51. The van der Waals surface area contributed by atoms with Gasteiger partial charge in [0.15, 0.2) is 0 Å². The maximum absolute atomic E-state index is 4.70. The summed E-state index contributed by atoms with van der Waals surface area (Å²) in [7, 11) is 1.94. The molecular weight excluding hydrogens is 234 g/mol. The predicted molar refractivity (Wildman–Crippen MR) is 82.5 cm³/mol. The number of hydrogen-bond acceptors (Lipinski definition) is 3. The summed E-state index contributed by atoms with van der Waals surface area (Å²) in [5, 5.41) is 4.43. The lowest BCUT2D eigenvalue weighted by Crippen LogP contribution is -2.24. The Bertz CT molecular complexity index is 537. The highest BCUT2D eigenvalue weighted by atomic mass is 15.1. The van der Waals surface area contributed by atoms with Crippen molar-refractivity contribution in [2.45, 2.75) is 26.8 Å². The molecule has 0 bridgehead atoms. The lowest BCUT2D eigenvalue weighted by Gasteiger charge is -2.21. The zero-order chi connectivity index (χ0) is 13.7. The van der Waals surface area contributed by atoms with Gasteiger partial charge in [-0.25, -0.2) is 4.98 Å². The van der Waals surface area contributed by atoms with E-state index in [0.29, 0.717) is 0 Å². The third kappa shape index (κ3) is 3.24. The number of aromatic nitrogens is 1. The summed E-state index contributed by atoms with van der Waals surface area (Å²) >= 11 is 0. The van der Waals surface area contributed by atoms with Crippen LogP contribution in [0.3, 0.4) is 0 Å². The Morgan fingerprint density at radius 3 is 2.68 bits per heavy atom. The zero-order valence-electron chi connectivity index (χ0n) is 12.1. The molecular formula is C16H23N3. The van der Waals surface area contributed by atoms with Crippen LogP contribution in [0.4, 0.5) is 5.82 Å². The first kappa shape index (κ1) is 13.8. The van der Waals surface area contributed by atoms with E-state index < -0.39 is 0 Å². The fraction of sp³-hybridized carbons (Fsp3) is 0.438. The molecule has 3 nitrogen and oxygen atoms in total. The number of fused-ring (bicyclic) bond motifs is 1. The van der Waals surface area contributed by atoms with Crippen LogP contribution in [0.1, 0.15) is 25.8 Å². The average molecular weight is 257 g/mol. The second kappa shape index (κ2) is 6.53. The van der Waals surface area contributed by atoms with E-state index in [1.165, 1.54) is 17.4 Å². The Balaban J connectivity index is 2.34. The van der Waals surface area contributed by atoms with Crippen molar-refractivity contribution in [2.24, 2.45) is 0 Å². The van der Waals surface area contributed by atoms with Crippen LogP contribution >= 0.6 is 0 Å². The van der Waals surface area contributed by atoms with Gasteiger partial charge in [0.1, 0.15) is 5.82 Å². The molecule has 0 saturated carbocycles. The highest BCUT2D eigenvalue weighted by Gasteiger charge is 2.09. The Morgan fingerprint density at radius 2 is 2.00 bits per heavy atom. The van der Waals surface area contributed by atoms with Gasteiger partial charge in [-0.15, -0.1) is 0 Å². The second-order valence-electron chi connectivity index (χ2n) is 4.81. The highest BCUT2D eigenvalue weighted by molar-refractivity contribution is 5.81.